The van der Waals surface area contributed by atoms with E-state index in [9.17, 15) is 4.79 Å². The quantitative estimate of drug-likeness (QED) is 0.786. The van der Waals surface area contributed by atoms with E-state index in [4.69, 9.17) is 4.74 Å². The molecule has 2 aromatic heterocycles. The van der Waals surface area contributed by atoms with Crippen molar-refractivity contribution >= 4 is 11.6 Å². The van der Waals surface area contributed by atoms with Gasteiger partial charge in [0, 0.05) is 11.9 Å². The van der Waals surface area contributed by atoms with E-state index in [0.29, 0.717) is 12.3 Å². The smallest absolute Gasteiger partial charge is 0.258 e. The van der Waals surface area contributed by atoms with Crippen LogP contribution in [0.4, 0.5) is 0 Å². The molecule has 112 valence electrons. The average molecular weight is 295 g/mol. The summed E-state index contributed by atoms with van der Waals surface area (Å²) in [6.07, 6.45) is 1.93. The maximum Gasteiger partial charge on any atom is 0.258 e. The summed E-state index contributed by atoms with van der Waals surface area (Å²) in [5, 5.41) is 2.81. The molecule has 5 heteroatoms. The van der Waals surface area contributed by atoms with Gasteiger partial charge in [-0.15, -0.1) is 0 Å². The van der Waals surface area contributed by atoms with E-state index in [1.807, 2.05) is 66.1 Å². The number of nitrogens with zero attached hydrogens (tertiary/aromatic N) is 2. The Kier molecular flexibility index (Phi) is 4.05. The van der Waals surface area contributed by atoms with Crippen LogP contribution in [0.3, 0.4) is 0 Å². The van der Waals surface area contributed by atoms with Crippen LogP contribution in [-0.4, -0.2) is 21.9 Å². The van der Waals surface area contributed by atoms with Gasteiger partial charge in [0.2, 0.25) is 0 Å². The van der Waals surface area contributed by atoms with Crippen molar-refractivity contribution in [3.8, 4) is 5.75 Å². The highest BCUT2D eigenvalue weighted by molar-refractivity contribution is 5.77. The number of ether oxygens (including phenoxy) is 1. The Morgan fingerprint density at radius 2 is 2.00 bits per heavy atom. The van der Waals surface area contributed by atoms with Crippen LogP contribution >= 0.6 is 0 Å². The van der Waals surface area contributed by atoms with Gasteiger partial charge in [-0.3, -0.25) is 4.79 Å². The lowest BCUT2D eigenvalue weighted by atomic mass is 10.3. The minimum absolute atomic E-state index is 0.00356. The second kappa shape index (κ2) is 6.30. The van der Waals surface area contributed by atoms with E-state index in [1.54, 1.807) is 0 Å². The van der Waals surface area contributed by atoms with Crippen LogP contribution in [0.25, 0.3) is 5.65 Å². The maximum atomic E-state index is 11.8. The van der Waals surface area contributed by atoms with E-state index in [0.717, 1.165) is 17.0 Å². The van der Waals surface area contributed by atoms with Crippen molar-refractivity contribution in [2.45, 2.75) is 13.5 Å². The molecular formula is C17H17N3O2. The summed E-state index contributed by atoms with van der Waals surface area (Å²) in [5.41, 5.74) is 2.81. The summed E-state index contributed by atoms with van der Waals surface area (Å²) in [4.78, 5) is 16.3. The molecule has 0 aliphatic heterocycles. The van der Waals surface area contributed by atoms with Crippen molar-refractivity contribution in [1.29, 1.82) is 0 Å². The first-order valence-corrected chi connectivity index (χ1v) is 7.10. The Hall–Kier alpha value is -2.82. The van der Waals surface area contributed by atoms with Gasteiger partial charge in [-0.1, -0.05) is 24.3 Å². The van der Waals surface area contributed by atoms with Gasteiger partial charge in [-0.2, -0.15) is 0 Å². The van der Waals surface area contributed by atoms with Crippen molar-refractivity contribution in [2.24, 2.45) is 0 Å². The van der Waals surface area contributed by atoms with Crippen LogP contribution in [0.2, 0.25) is 0 Å². The minimum Gasteiger partial charge on any atom is -0.484 e. The van der Waals surface area contributed by atoms with Gasteiger partial charge < -0.3 is 14.5 Å². The number of para-hydroxylation sites is 1. The van der Waals surface area contributed by atoms with Gasteiger partial charge in [0.05, 0.1) is 12.2 Å². The van der Waals surface area contributed by atoms with Gasteiger partial charge >= 0.3 is 0 Å². The second-order valence-electron chi connectivity index (χ2n) is 5.01. The molecule has 0 saturated carbocycles. The fraction of sp³-hybridized carbons (Fsp3) is 0.176. The number of pyridine rings is 1. The van der Waals surface area contributed by atoms with Crippen molar-refractivity contribution in [3.63, 3.8) is 0 Å². The number of aromatic nitrogens is 2. The molecule has 0 radical (unpaired) electrons. The number of nitrogens with one attached hydrogen (secondary N) is 1. The first-order chi connectivity index (χ1) is 10.7. The number of hydrogen-bond acceptors (Lipinski definition) is 3. The third-order valence-corrected chi connectivity index (χ3v) is 3.33. The summed E-state index contributed by atoms with van der Waals surface area (Å²) >= 11 is 0. The van der Waals surface area contributed by atoms with Gasteiger partial charge in [-0.05, 0) is 31.2 Å². The first kappa shape index (κ1) is 14.1. The number of amides is 1. The third-order valence-electron chi connectivity index (χ3n) is 3.33. The lowest BCUT2D eigenvalue weighted by molar-refractivity contribution is -0.123. The molecule has 0 aliphatic carbocycles. The van der Waals surface area contributed by atoms with Gasteiger partial charge in [0.15, 0.2) is 6.61 Å². The Morgan fingerprint density at radius 3 is 2.77 bits per heavy atom. The maximum absolute atomic E-state index is 11.8. The van der Waals surface area contributed by atoms with Crippen LogP contribution in [0.5, 0.6) is 5.75 Å². The highest BCUT2D eigenvalue weighted by Crippen LogP contribution is 2.09. The van der Waals surface area contributed by atoms with Crippen LogP contribution in [-0.2, 0) is 11.3 Å². The molecule has 0 saturated heterocycles. The molecule has 0 atom stereocenters. The SMILES string of the molecule is Cc1cccc2nc(CNC(=O)COc3ccccc3)cn12. The number of carbonyl (C=O) groups excluding carboxylic acids is 1. The lowest BCUT2D eigenvalue weighted by Crippen LogP contribution is -2.28. The Labute approximate surface area is 128 Å². The fourth-order valence-corrected chi connectivity index (χ4v) is 2.19. The zero-order valence-electron chi connectivity index (χ0n) is 12.3. The number of benzene rings is 1. The molecule has 0 bridgehead atoms. The first-order valence-electron chi connectivity index (χ1n) is 7.10. The predicted octanol–water partition coefficient (Wildman–Crippen LogP) is 2.34. The van der Waals surface area contributed by atoms with E-state index >= 15 is 0 Å². The van der Waals surface area contributed by atoms with Gasteiger partial charge in [0.25, 0.3) is 5.91 Å². The second-order valence-corrected chi connectivity index (χ2v) is 5.01. The summed E-state index contributed by atoms with van der Waals surface area (Å²) in [5.74, 6) is 0.513. The molecule has 3 aromatic rings. The highest BCUT2D eigenvalue weighted by atomic mass is 16.5. The summed E-state index contributed by atoms with van der Waals surface area (Å²) in [6.45, 7) is 2.40. The molecule has 2 heterocycles. The molecular weight excluding hydrogens is 278 g/mol. The molecule has 1 N–H and O–H groups in total. The highest BCUT2D eigenvalue weighted by Gasteiger charge is 2.06. The molecule has 0 unspecified atom stereocenters. The van der Waals surface area contributed by atoms with Crippen molar-refractivity contribution in [2.75, 3.05) is 6.61 Å². The Bertz CT molecular complexity index is 781. The topological polar surface area (TPSA) is 55.6 Å². The molecule has 1 amide bonds. The number of rotatable bonds is 5. The molecule has 0 aliphatic rings. The molecule has 0 spiro atoms. The van der Waals surface area contributed by atoms with E-state index in [2.05, 4.69) is 10.3 Å². The molecule has 1 aromatic carbocycles. The molecule has 5 nitrogen and oxygen atoms in total. The number of carbonyl (C=O) groups is 1. The van der Waals surface area contributed by atoms with E-state index in [1.165, 1.54) is 0 Å². The number of hydrogen-bond donors (Lipinski definition) is 1. The number of fused-ring (bicyclic) bond motifs is 1. The summed E-state index contributed by atoms with van der Waals surface area (Å²) in [6, 6.07) is 15.2. The van der Waals surface area contributed by atoms with E-state index < -0.39 is 0 Å². The van der Waals surface area contributed by atoms with Crippen molar-refractivity contribution in [3.05, 3.63) is 66.1 Å². The zero-order valence-corrected chi connectivity index (χ0v) is 12.3. The Morgan fingerprint density at radius 1 is 1.18 bits per heavy atom. The van der Waals surface area contributed by atoms with Crippen LogP contribution in [0, 0.1) is 6.92 Å². The minimum atomic E-state index is -0.169. The van der Waals surface area contributed by atoms with Crippen molar-refractivity contribution < 1.29 is 9.53 Å². The van der Waals surface area contributed by atoms with Crippen LogP contribution in [0.15, 0.2) is 54.7 Å². The lowest BCUT2D eigenvalue weighted by Gasteiger charge is -2.06. The number of imidazole rings is 1. The number of aryl methyl sites for hydroxylation is 1. The Balaban J connectivity index is 1.55. The molecule has 3 rings (SSSR count). The monoisotopic (exact) mass is 295 g/mol. The largest absolute Gasteiger partial charge is 0.484 e. The fourth-order valence-electron chi connectivity index (χ4n) is 2.19. The van der Waals surface area contributed by atoms with E-state index in [-0.39, 0.29) is 12.5 Å². The molecule has 22 heavy (non-hydrogen) atoms. The van der Waals surface area contributed by atoms with Gasteiger partial charge in [0.1, 0.15) is 11.4 Å². The van der Waals surface area contributed by atoms with Crippen molar-refractivity contribution in [1.82, 2.24) is 14.7 Å². The standard InChI is InChI=1S/C17H17N3O2/c1-13-6-5-9-16-19-14(11-20(13)16)10-18-17(21)12-22-15-7-3-2-4-8-15/h2-9,11H,10,12H2,1H3,(H,18,21). The summed E-state index contributed by atoms with van der Waals surface area (Å²) in [7, 11) is 0. The average Bonchev–Trinajstić information content (AvgIpc) is 2.96. The molecule has 0 fully saturated rings. The van der Waals surface area contributed by atoms with Crippen LogP contribution in [0.1, 0.15) is 11.4 Å². The summed E-state index contributed by atoms with van der Waals surface area (Å²) < 4.78 is 7.40. The normalized spacial score (nSPS) is 10.6. The van der Waals surface area contributed by atoms with Gasteiger partial charge in [-0.25, -0.2) is 4.98 Å². The predicted molar refractivity (Wildman–Crippen MR) is 83.7 cm³/mol. The van der Waals surface area contributed by atoms with Crippen LogP contribution < -0.4 is 10.1 Å². The third kappa shape index (κ3) is 3.25. The zero-order chi connectivity index (χ0) is 15.4.